The third kappa shape index (κ3) is 4.21. The fraction of sp³-hybridized carbons (Fsp3) is 0.409. The standard InChI is InChI=1S/C22H26ClNO2/c1-4-15-12-19(23)21(11-14(15)3)26-13-18-17(16-9-10-16)7-6-8-20(18)24-22(25)5-2/h6-8,11-12,16H,4-5,9-10,13H2,1-3H3,(H,24,25). The van der Waals surface area contributed by atoms with E-state index in [0.717, 1.165) is 17.7 Å². The van der Waals surface area contributed by atoms with Crippen molar-refractivity contribution in [3.8, 4) is 5.75 Å². The Morgan fingerprint density at radius 3 is 2.69 bits per heavy atom. The van der Waals surface area contributed by atoms with Gasteiger partial charge in [-0.2, -0.15) is 0 Å². The minimum Gasteiger partial charge on any atom is -0.487 e. The molecule has 1 fully saturated rings. The molecule has 4 heteroatoms. The molecule has 1 saturated carbocycles. The molecule has 2 aromatic carbocycles. The number of benzene rings is 2. The molecule has 0 atom stereocenters. The van der Waals surface area contributed by atoms with Gasteiger partial charge in [0, 0.05) is 17.7 Å². The van der Waals surface area contributed by atoms with E-state index in [9.17, 15) is 4.79 Å². The summed E-state index contributed by atoms with van der Waals surface area (Å²) >= 11 is 6.41. The summed E-state index contributed by atoms with van der Waals surface area (Å²) < 4.78 is 6.09. The molecule has 0 heterocycles. The Bertz CT molecular complexity index is 812. The number of halogens is 1. The lowest BCUT2D eigenvalue weighted by molar-refractivity contribution is -0.115. The van der Waals surface area contributed by atoms with Gasteiger partial charge in [-0.3, -0.25) is 4.79 Å². The lowest BCUT2D eigenvalue weighted by atomic mass is 10.0. The highest BCUT2D eigenvalue weighted by Gasteiger charge is 2.27. The third-order valence-corrected chi connectivity index (χ3v) is 5.26. The van der Waals surface area contributed by atoms with E-state index in [0.29, 0.717) is 29.7 Å². The van der Waals surface area contributed by atoms with Gasteiger partial charge in [0.05, 0.1) is 5.02 Å². The van der Waals surface area contributed by atoms with Crippen molar-refractivity contribution in [1.29, 1.82) is 0 Å². The molecule has 0 radical (unpaired) electrons. The summed E-state index contributed by atoms with van der Waals surface area (Å²) in [5, 5.41) is 3.65. The highest BCUT2D eigenvalue weighted by molar-refractivity contribution is 6.32. The first kappa shape index (κ1) is 18.8. The number of carbonyl (C=O) groups excluding carboxylic acids is 1. The summed E-state index contributed by atoms with van der Waals surface area (Å²) in [6.45, 7) is 6.45. The van der Waals surface area contributed by atoms with Gasteiger partial charge in [-0.25, -0.2) is 0 Å². The van der Waals surface area contributed by atoms with E-state index in [1.54, 1.807) is 0 Å². The van der Waals surface area contributed by atoms with Gasteiger partial charge in [0.15, 0.2) is 0 Å². The van der Waals surface area contributed by atoms with Crippen LogP contribution in [0.4, 0.5) is 5.69 Å². The summed E-state index contributed by atoms with van der Waals surface area (Å²) in [5.41, 5.74) is 5.60. The first-order valence-electron chi connectivity index (χ1n) is 9.36. The summed E-state index contributed by atoms with van der Waals surface area (Å²) in [7, 11) is 0. The molecule has 1 aliphatic carbocycles. The molecular weight excluding hydrogens is 346 g/mol. The van der Waals surface area contributed by atoms with Crippen LogP contribution in [-0.4, -0.2) is 5.91 Å². The van der Waals surface area contributed by atoms with E-state index in [2.05, 4.69) is 25.2 Å². The lowest BCUT2D eigenvalue weighted by Crippen LogP contribution is -2.13. The second kappa shape index (κ2) is 8.13. The number of amides is 1. The zero-order chi connectivity index (χ0) is 18.7. The van der Waals surface area contributed by atoms with Crippen molar-refractivity contribution in [2.45, 2.75) is 59.0 Å². The van der Waals surface area contributed by atoms with Crippen LogP contribution in [0.5, 0.6) is 5.75 Å². The van der Waals surface area contributed by atoms with E-state index >= 15 is 0 Å². The van der Waals surface area contributed by atoms with E-state index in [1.807, 2.05) is 31.2 Å². The normalized spacial score (nSPS) is 13.5. The molecule has 0 bridgehead atoms. The quantitative estimate of drug-likeness (QED) is 0.646. The molecule has 3 nitrogen and oxygen atoms in total. The van der Waals surface area contributed by atoms with Gasteiger partial charge in [-0.1, -0.05) is 37.6 Å². The summed E-state index contributed by atoms with van der Waals surface area (Å²) in [6, 6.07) is 10.1. The molecule has 2 aromatic rings. The van der Waals surface area contributed by atoms with Crippen molar-refractivity contribution in [3.63, 3.8) is 0 Å². The zero-order valence-corrected chi connectivity index (χ0v) is 16.5. The van der Waals surface area contributed by atoms with Gasteiger partial charge in [-0.15, -0.1) is 0 Å². The summed E-state index contributed by atoms with van der Waals surface area (Å²) in [4.78, 5) is 11.9. The number of ether oxygens (including phenoxy) is 1. The van der Waals surface area contributed by atoms with Crippen LogP contribution in [-0.2, 0) is 17.8 Å². The maximum Gasteiger partial charge on any atom is 0.224 e. The Labute approximate surface area is 160 Å². The lowest BCUT2D eigenvalue weighted by Gasteiger charge is -2.17. The number of anilines is 1. The molecule has 0 saturated heterocycles. The topological polar surface area (TPSA) is 38.3 Å². The maximum atomic E-state index is 11.9. The number of hydrogen-bond donors (Lipinski definition) is 1. The van der Waals surface area contributed by atoms with Crippen molar-refractivity contribution in [2.24, 2.45) is 0 Å². The smallest absolute Gasteiger partial charge is 0.224 e. The third-order valence-electron chi connectivity index (χ3n) is 4.97. The Kier molecular flexibility index (Phi) is 5.87. The average molecular weight is 372 g/mol. The number of carbonyl (C=O) groups is 1. The second-order valence-electron chi connectivity index (χ2n) is 6.90. The molecular formula is C22H26ClNO2. The molecule has 1 aliphatic rings. The fourth-order valence-electron chi connectivity index (χ4n) is 3.24. The minimum atomic E-state index is 0.0142. The highest BCUT2D eigenvalue weighted by Crippen LogP contribution is 2.43. The second-order valence-corrected chi connectivity index (χ2v) is 7.31. The Morgan fingerprint density at radius 1 is 1.27 bits per heavy atom. The van der Waals surface area contributed by atoms with Gasteiger partial charge in [0.2, 0.25) is 5.91 Å². The largest absolute Gasteiger partial charge is 0.487 e. The van der Waals surface area contributed by atoms with E-state index in [4.69, 9.17) is 16.3 Å². The molecule has 26 heavy (non-hydrogen) atoms. The predicted octanol–water partition coefficient (Wildman–Crippen LogP) is 6.02. The van der Waals surface area contributed by atoms with Gasteiger partial charge >= 0.3 is 0 Å². The molecule has 0 aliphatic heterocycles. The van der Waals surface area contributed by atoms with E-state index in [-0.39, 0.29) is 5.91 Å². The molecule has 0 aromatic heterocycles. The zero-order valence-electron chi connectivity index (χ0n) is 15.7. The Morgan fingerprint density at radius 2 is 2.04 bits per heavy atom. The summed E-state index contributed by atoms with van der Waals surface area (Å²) in [6.07, 6.45) is 3.80. The average Bonchev–Trinajstić information content (AvgIpc) is 3.47. The van der Waals surface area contributed by atoms with Gasteiger partial charge in [0.25, 0.3) is 0 Å². The first-order valence-corrected chi connectivity index (χ1v) is 9.74. The van der Waals surface area contributed by atoms with Crippen LogP contribution in [0.25, 0.3) is 0 Å². The van der Waals surface area contributed by atoms with Crippen LogP contribution < -0.4 is 10.1 Å². The minimum absolute atomic E-state index is 0.0142. The molecule has 138 valence electrons. The molecule has 3 rings (SSSR count). The van der Waals surface area contributed by atoms with Crippen LogP contribution in [0.2, 0.25) is 5.02 Å². The predicted molar refractivity (Wildman–Crippen MR) is 107 cm³/mol. The van der Waals surface area contributed by atoms with Crippen molar-refractivity contribution in [3.05, 3.63) is 57.6 Å². The van der Waals surface area contributed by atoms with Crippen molar-refractivity contribution in [1.82, 2.24) is 0 Å². The van der Waals surface area contributed by atoms with Gasteiger partial charge in [-0.05, 0) is 67.0 Å². The SMILES string of the molecule is CCC(=O)Nc1cccc(C2CC2)c1COc1cc(C)c(CC)cc1Cl. The Balaban J connectivity index is 1.87. The highest BCUT2D eigenvalue weighted by atomic mass is 35.5. The van der Waals surface area contributed by atoms with Crippen molar-refractivity contribution in [2.75, 3.05) is 5.32 Å². The number of hydrogen-bond acceptors (Lipinski definition) is 2. The summed E-state index contributed by atoms with van der Waals surface area (Å²) in [5.74, 6) is 1.28. The first-order chi connectivity index (χ1) is 12.5. The van der Waals surface area contributed by atoms with E-state index in [1.165, 1.54) is 29.5 Å². The van der Waals surface area contributed by atoms with E-state index < -0.39 is 0 Å². The van der Waals surface area contributed by atoms with Crippen molar-refractivity contribution >= 4 is 23.2 Å². The number of nitrogens with one attached hydrogen (secondary N) is 1. The molecule has 0 unspecified atom stereocenters. The van der Waals surface area contributed by atoms with Crippen LogP contribution in [0.1, 0.15) is 61.3 Å². The molecule has 1 N–H and O–H groups in total. The van der Waals surface area contributed by atoms with Crippen LogP contribution in [0.15, 0.2) is 30.3 Å². The van der Waals surface area contributed by atoms with Gasteiger partial charge < -0.3 is 10.1 Å². The number of rotatable bonds is 7. The number of aryl methyl sites for hydroxylation is 2. The molecule has 0 spiro atoms. The molecule has 1 amide bonds. The van der Waals surface area contributed by atoms with Crippen LogP contribution >= 0.6 is 11.6 Å². The van der Waals surface area contributed by atoms with Gasteiger partial charge in [0.1, 0.15) is 12.4 Å². The monoisotopic (exact) mass is 371 g/mol. The Hall–Kier alpha value is -2.00. The maximum absolute atomic E-state index is 11.9. The fourth-order valence-corrected chi connectivity index (χ4v) is 3.48. The van der Waals surface area contributed by atoms with Crippen molar-refractivity contribution < 1.29 is 9.53 Å². The van der Waals surface area contributed by atoms with Crippen LogP contribution in [0.3, 0.4) is 0 Å². The van der Waals surface area contributed by atoms with Crippen LogP contribution in [0, 0.1) is 6.92 Å².